The van der Waals surface area contributed by atoms with Crippen molar-refractivity contribution >= 4 is 11.6 Å². The van der Waals surface area contributed by atoms with Crippen molar-refractivity contribution in [1.29, 1.82) is 0 Å². The number of hydrogen-bond donors (Lipinski definition) is 1. The molecule has 0 unspecified atom stereocenters. The predicted molar refractivity (Wildman–Crippen MR) is 87.6 cm³/mol. The number of fused-ring (bicyclic) bond motifs is 5. The molecule has 0 aromatic rings. The van der Waals surface area contributed by atoms with Crippen LogP contribution in [0.25, 0.3) is 0 Å². The van der Waals surface area contributed by atoms with Gasteiger partial charge in [0, 0.05) is 23.2 Å². The van der Waals surface area contributed by atoms with Crippen molar-refractivity contribution in [3.63, 3.8) is 0 Å². The lowest BCUT2D eigenvalue weighted by Crippen LogP contribution is -2.57. The van der Waals surface area contributed by atoms with E-state index in [-0.39, 0.29) is 22.5 Å². The summed E-state index contributed by atoms with van der Waals surface area (Å²) in [6.07, 6.45) is 8.21. The fraction of sp³-hybridized carbons (Fsp3) is 0.700. The number of aliphatic hydroxyl groups excluding tert-OH is 1. The van der Waals surface area contributed by atoms with Crippen LogP contribution >= 0.6 is 0 Å². The summed E-state index contributed by atoms with van der Waals surface area (Å²) in [5, 5.41) is 11.0. The highest BCUT2D eigenvalue weighted by atomic mass is 16.3. The van der Waals surface area contributed by atoms with E-state index in [1.807, 2.05) is 6.08 Å². The van der Waals surface area contributed by atoms with Crippen LogP contribution in [0.1, 0.15) is 46.5 Å². The van der Waals surface area contributed by atoms with Gasteiger partial charge in [0.05, 0.1) is 6.10 Å². The molecule has 0 amide bonds. The number of aliphatic hydroxyl groups is 1. The van der Waals surface area contributed by atoms with Crippen LogP contribution in [0.4, 0.5) is 0 Å². The zero-order valence-electron chi connectivity index (χ0n) is 14.2. The van der Waals surface area contributed by atoms with E-state index in [0.29, 0.717) is 36.4 Å². The Kier molecular flexibility index (Phi) is 3.10. The Bertz CT molecular complexity index is 645. The Hall–Kier alpha value is -1.22. The molecule has 0 spiro atoms. The fourth-order valence-corrected chi connectivity index (χ4v) is 6.52. The molecule has 124 valence electrons. The van der Waals surface area contributed by atoms with E-state index in [4.69, 9.17) is 0 Å². The third-order valence-electron chi connectivity index (χ3n) is 7.53. The summed E-state index contributed by atoms with van der Waals surface area (Å²) in [7, 11) is 0. The van der Waals surface area contributed by atoms with Crippen LogP contribution in [-0.2, 0) is 9.59 Å². The molecule has 4 rings (SSSR count). The van der Waals surface area contributed by atoms with Crippen LogP contribution in [0.15, 0.2) is 23.8 Å². The Balaban J connectivity index is 1.81. The van der Waals surface area contributed by atoms with Gasteiger partial charge in [0.25, 0.3) is 0 Å². The second kappa shape index (κ2) is 4.66. The van der Waals surface area contributed by atoms with Gasteiger partial charge in [-0.05, 0) is 49.2 Å². The lowest BCUT2D eigenvalue weighted by atomic mass is 9.46. The maximum absolute atomic E-state index is 12.5. The van der Waals surface area contributed by atoms with Crippen molar-refractivity contribution in [2.24, 2.45) is 34.5 Å². The molecule has 0 aromatic heterocycles. The summed E-state index contributed by atoms with van der Waals surface area (Å²) in [5.41, 5.74) is 0.590. The molecule has 3 heteroatoms. The molecule has 0 aromatic carbocycles. The number of hydrogen-bond acceptors (Lipinski definition) is 3. The van der Waals surface area contributed by atoms with Gasteiger partial charge in [0.15, 0.2) is 5.78 Å². The van der Waals surface area contributed by atoms with E-state index < -0.39 is 6.10 Å². The van der Waals surface area contributed by atoms with Gasteiger partial charge in [-0.15, -0.1) is 0 Å². The number of Topliss-reactive ketones (excluding diaryl/α,β-unsaturated/α-hetero) is 1. The third-order valence-corrected chi connectivity index (χ3v) is 7.53. The zero-order valence-corrected chi connectivity index (χ0v) is 14.2. The average molecular weight is 314 g/mol. The van der Waals surface area contributed by atoms with Crippen molar-refractivity contribution in [2.45, 2.75) is 52.6 Å². The van der Waals surface area contributed by atoms with Crippen LogP contribution in [-0.4, -0.2) is 22.8 Å². The van der Waals surface area contributed by atoms with Gasteiger partial charge in [0.2, 0.25) is 0 Å². The average Bonchev–Trinajstić information content (AvgIpc) is 2.76. The Morgan fingerprint density at radius 1 is 1.26 bits per heavy atom. The lowest BCUT2D eigenvalue weighted by Gasteiger charge is -2.58. The highest BCUT2D eigenvalue weighted by molar-refractivity contribution is 6.01. The first-order valence-corrected chi connectivity index (χ1v) is 8.94. The summed E-state index contributed by atoms with van der Waals surface area (Å²) < 4.78 is 0. The molecule has 0 aliphatic heterocycles. The standard InChI is InChI=1S/C20H26O3/c1-11-8-13-14-4-5-17(23)20(14,3)10-16(22)18(13)19(2)7-6-12(21)9-15(11)19/h6-7,9,11,13-14,16,18,22H,4-5,8,10H2,1-3H3/t11-,13+,14+,16+,18-,19+,20-/m1/s1. The van der Waals surface area contributed by atoms with Crippen LogP contribution in [0.2, 0.25) is 0 Å². The monoisotopic (exact) mass is 314 g/mol. The first-order chi connectivity index (χ1) is 10.8. The summed E-state index contributed by atoms with van der Waals surface area (Å²) in [6, 6.07) is 0. The lowest BCUT2D eigenvalue weighted by molar-refractivity contribution is -0.144. The van der Waals surface area contributed by atoms with Crippen LogP contribution in [0.3, 0.4) is 0 Å². The molecule has 3 nitrogen and oxygen atoms in total. The molecular formula is C20H26O3. The normalized spacial score (nSPS) is 51.8. The number of carbonyl (C=O) groups is 2. The zero-order chi connectivity index (χ0) is 16.6. The number of carbonyl (C=O) groups excluding carboxylic acids is 2. The molecule has 3 saturated carbocycles. The molecular weight excluding hydrogens is 288 g/mol. The molecule has 0 bridgehead atoms. The molecule has 4 aliphatic rings. The van der Waals surface area contributed by atoms with Crippen molar-refractivity contribution in [3.8, 4) is 0 Å². The van der Waals surface area contributed by atoms with E-state index in [0.717, 1.165) is 12.8 Å². The highest BCUT2D eigenvalue weighted by Gasteiger charge is 2.62. The quantitative estimate of drug-likeness (QED) is 0.747. The Morgan fingerprint density at radius 3 is 2.74 bits per heavy atom. The molecule has 7 atom stereocenters. The highest BCUT2D eigenvalue weighted by Crippen LogP contribution is 2.64. The van der Waals surface area contributed by atoms with Crippen LogP contribution in [0, 0.1) is 34.5 Å². The predicted octanol–water partition coefficient (Wildman–Crippen LogP) is 3.08. The molecule has 3 fully saturated rings. The first-order valence-electron chi connectivity index (χ1n) is 8.94. The third kappa shape index (κ3) is 1.86. The minimum absolute atomic E-state index is 0.0638. The van der Waals surface area contributed by atoms with Gasteiger partial charge in [-0.1, -0.05) is 32.4 Å². The van der Waals surface area contributed by atoms with Crippen molar-refractivity contribution in [3.05, 3.63) is 23.8 Å². The summed E-state index contributed by atoms with van der Waals surface area (Å²) in [5.74, 6) is 1.61. The van der Waals surface area contributed by atoms with Gasteiger partial charge in [-0.25, -0.2) is 0 Å². The minimum Gasteiger partial charge on any atom is -0.393 e. The molecule has 4 aliphatic carbocycles. The Morgan fingerprint density at radius 2 is 2.00 bits per heavy atom. The Labute approximate surface area is 137 Å². The summed E-state index contributed by atoms with van der Waals surface area (Å²) >= 11 is 0. The summed E-state index contributed by atoms with van der Waals surface area (Å²) in [6.45, 7) is 6.45. The molecule has 23 heavy (non-hydrogen) atoms. The van der Waals surface area contributed by atoms with E-state index >= 15 is 0 Å². The van der Waals surface area contributed by atoms with Crippen LogP contribution < -0.4 is 0 Å². The van der Waals surface area contributed by atoms with Crippen molar-refractivity contribution in [1.82, 2.24) is 0 Å². The van der Waals surface area contributed by atoms with Gasteiger partial charge in [0.1, 0.15) is 5.78 Å². The summed E-state index contributed by atoms with van der Waals surface area (Å²) in [4.78, 5) is 24.3. The van der Waals surface area contributed by atoms with Gasteiger partial charge in [-0.2, -0.15) is 0 Å². The second-order valence-electron chi connectivity index (χ2n) is 8.70. The van der Waals surface area contributed by atoms with E-state index in [9.17, 15) is 14.7 Å². The van der Waals surface area contributed by atoms with Gasteiger partial charge >= 0.3 is 0 Å². The fourth-order valence-electron chi connectivity index (χ4n) is 6.52. The van der Waals surface area contributed by atoms with E-state index in [1.54, 1.807) is 12.2 Å². The molecule has 0 heterocycles. The van der Waals surface area contributed by atoms with E-state index in [1.165, 1.54) is 5.57 Å². The van der Waals surface area contributed by atoms with Crippen LogP contribution in [0.5, 0.6) is 0 Å². The van der Waals surface area contributed by atoms with Gasteiger partial charge < -0.3 is 5.11 Å². The maximum Gasteiger partial charge on any atom is 0.178 e. The molecule has 1 N–H and O–H groups in total. The van der Waals surface area contributed by atoms with Crippen molar-refractivity contribution in [2.75, 3.05) is 0 Å². The van der Waals surface area contributed by atoms with Gasteiger partial charge in [-0.3, -0.25) is 9.59 Å². The SMILES string of the molecule is C[C@@H]1C[C@@H]2[C@H]([C@@H](O)C[C@@]3(C)C(=O)CC[C@@H]23)[C@@]2(C)C=CC(=O)C=C12. The molecule has 0 saturated heterocycles. The van der Waals surface area contributed by atoms with Crippen molar-refractivity contribution < 1.29 is 14.7 Å². The molecule has 0 radical (unpaired) electrons. The number of rotatable bonds is 0. The topological polar surface area (TPSA) is 54.4 Å². The largest absolute Gasteiger partial charge is 0.393 e. The maximum atomic E-state index is 12.5. The second-order valence-corrected chi connectivity index (χ2v) is 8.70. The smallest absolute Gasteiger partial charge is 0.178 e. The van der Waals surface area contributed by atoms with E-state index in [2.05, 4.69) is 20.8 Å². The minimum atomic E-state index is -0.470. The number of ketones is 2. The number of allylic oxidation sites excluding steroid dienone is 4. The first kappa shape index (κ1) is 15.3.